The van der Waals surface area contributed by atoms with Gasteiger partial charge in [-0.2, -0.15) is 0 Å². The third-order valence-corrected chi connectivity index (χ3v) is 5.26. The average molecular weight is 469 g/mol. The molecule has 6 N–H and O–H groups in total. The molecule has 0 heterocycles. The second kappa shape index (κ2) is 12.1. The molecule has 0 aliphatic heterocycles. The molecule has 10 heteroatoms. The SMILES string of the molecule is O=C(CCNCCO)Nc1ccc(NC(=O)CCNCCO)c2c1C(=O)c1ccccc1C2=O. The number of hydrogen-bond donors (Lipinski definition) is 6. The number of ketones is 2. The highest BCUT2D eigenvalue weighted by atomic mass is 16.3. The molecule has 0 saturated heterocycles. The number of aliphatic hydroxyl groups excluding tert-OH is 2. The second-order valence-corrected chi connectivity index (χ2v) is 7.66. The van der Waals surface area contributed by atoms with Crippen molar-refractivity contribution in [1.29, 1.82) is 0 Å². The molecule has 2 amide bonds. The van der Waals surface area contributed by atoms with E-state index in [9.17, 15) is 19.2 Å². The Kier molecular flexibility index (Phi) is 9.00. The summed E-state index contributed by atoms with van der Waals surface area (Å²) in [5.74, 6) is -1.56. The number of anilines is 2. The molecule has 0 saturated carbocycles. The first-order valence-corrected chi connectivity index (χ1v) is 11.1. The number of carbonyl (C=O) groups excluding carboxylic acids is 4. The highest BCUT2D eigenvalue weighted by Gasteiger charge is 2.34. The van der Waals surface area contributed by atoms with Gasteiger partial charge in [-0.3, -0.25) is 19.2 Å². The van der Waals surface area contributed by atoms with Gasteiger partial charge in [0.15, 0.2) is 11.6 Å². The standard InChI is InChI=1S/C24H28N4O6/c29-13-11-25-9-7-19(31)27-17-5-6-18(28-20(32)8-10-26-12-14-30)22-21(17)23(33)15-3-1-2-4-16(15)24(22)34/h1-6,25-26,29-30H,7-14H2,(H,27,31)(H,28,32). The molecule has 2 aromatic carbocycles. The van der Waals surface area contributed by atoms with Crippen LogP contribution in [0.1, 0.15) is 44.7 Å². The highest BCUT2D eigenvalue weighted by Crippen LogP contribution is 2.36. The molecule has 10 nitrogen and oxygen atoms in total. The van der Waals surface area contributed by atoms with Gasteiger partial charge in [0, 0.05) is 50.1 Å². The molecule has 2 aromatic rings. The van der Waals surface area contributed by atoms with E-state index in [1.807, 2.05) is 0 Å². The third kappa shape index (κ3) is 5.91. The van der Waals surface area contributed by atoms with Crippen LogP contribution in [0.2, 0.25) is 0 Å². The summed E-state index contributed by atoms with van der Waals surface area (Å²) in [4.78, 5) is 51.5. The Morgan fingerprint density at radius 3 is 1.44 bits per heavy atom. The van der Waals surface area contributed by atoms with E-state index in [4.69, 9.17) is 10.2 Å². The summed E-state index contributed by atoms with van der Waals surface area (Å²) in [7, 11) is 0. The molecule has 1 aliphatic carbocycles. The number of benzene rings is 2. The summed E-state index contributed by atoms with van der Waals surface area (Å²) >= 11 is 0. The van der Waals surface area contributed by atoms with Gasteiger partial charge in [-0.1, -0.05) is 24.3 Å². The van der Waals surface area contributed by atoms with Crippen molar-refractivity contribution in [3.05, 3.63) is 58.7 Å². The third-order valence-electron chi connectivity index (χ3n) is 5.26. The fourth-order valence-electron chi connectivity index (χ4n) is 3.67. The van der Waals surface area contributed by atoms with Gasteiger partial charge in [-0.05, 0) is 12.1 Å². The van der Waals surface area contributed by atoms with Crippen LogP contribution in [0, 0.1) is 0 Å². The summed E-state index contributed by atoms with van der Waals surface area (Å²) in [6.45, 7) is 1.30. The smallest absolute Gasteiger partial charge is 0.225 e. The Bertz CT molecular complexity index is 1000. The molecule has 1 aliphatic rings. The number of hydrogen-bond acceptors (Lipinski definition) is 8. The predicted octanol–water partition coefficient (Wildman–Crippen LogP) is 0.283. The van der Waals surface area contributed by atoms with Gasteiger partial charge < -0.3 is 31.5 Å². The number of fused-ring (bicyclic) bond motifs is 2. The zero-order valence-electron chi connectivity index (χ0n) is 18.6. The van der Waals surface area contributed by atoms with Crippen LogP contribution < -0.4 is 21.3 Å². The average Bonchev–Trinajstić information content (AvgIpc) is 2.84. The molecule has 0 atom stereocenters. The topological polar surface area (TPSA) is 157 Å². The zero-order valence-corrected chi connectivity index (χ0v) is 18.6. The van der Waals surface area contributed by atoms with Crippen LogP contribution in [-0.4, -0.2) is 73.0 Å². The molecule has 0 aromatic heterocycles. The van der Waals surface area contributed by atoms with E-state index in [-0.39, 0.29) is 71.5 Å². The lowest BCUT2D eigenvalue weighted by Crippen LogP contribution is -2.28. The summed E-state index contributed by atoms with van der Waals surface area (Å²) in [5, 5.41) is 28.8. The van der Waals surface area contributed by atoms with E-state index in [0.29, 0.717) is 26.2 Å². The van der Waals surface area contributed by atoms with E-state index < -0.39 is 11.6 Å². The maximum absolute atomic E-state index is 13.3. The predicted molar refractivity (Wildman–Crippen MR) is 126 cm³/mol. The minimum atomic E-state index is -0.417. The first-order valence-electron chi connectivity index (χ1n) is 11.1. The fourth-order valence-corrected chi connectivity index (χ4v) is 3.67. The largest absolute Gasteiger partial charge is 0.395 e. The van der Waals surface area contributed by atoms with Crippen LogP contribution in [0.3, 0.4) is 0 Å². The molecule has 0 unspecified atom stereocenters. The van der Waals surface area contributed by atoms with Gasteiger partial charge in [-0.25, -0.2) is 0 Å². The van der Waals surface area contributed by atoms with Crippen molar-refractivity contribution in [2.24, 2.45) is 0 Å². The highest BCUT2D eigenvalue weighted by molar-refractivity contribution is 6.32. The summed E-state index contributed by atoms with van der Waals surface area (Å²) in [5.41, 5.74) is 0.928. The quantitative estimate of drug-likeness (QED) is 0.207. The normalized spacial score (nSPS) is 12.2. The van der Waals surface area contributed by atoms with E-state index >= 15 is 0 Å². The fraction of sp³-hybridized carbons (Fsp3) is 0.333. The molecule has 0 bridgehead atoms. The van der Waals surface area contributed by atoms with Crippen molar-refractivity contribution >= 4 is 34.8 Å². The van der Waals surface area contributed by atoms with E-state index in [0.717, 1.165) is 0 Å². The van der Waals surface area contributed by atoms with Crippen LogP contribution in [-0.2, 0) is 9.59 Å². The van der Waals surface area contributed by atoms with E-state index in [1.54, 1.807) is 24.3 Å². The van der Waals surface area contributed by atoms with E-state index in [1.165, 1.54) is 12.1 Å². The van der Waals surface area contributed by atoms with Crippen molar-refractivity contribution in [3.8, 4) is 0 Å². The maximum atomic E-state index is 13.3. The number of rotatable bonds is 12. The van der Waals surface area contributed by atoms with Gasteiger partial charge in [0.05, 0.1) is 35.7 Å². The molecule has 34 heavy (non-hydrogen) atoms. The molecule has 0 spiro atoms. The van der Waals surface area contributed by atoms with Crippen LogP contribution in [0.15, 0.2) is 36.4 Å². The minimum absolute atomic E-state index is 0.0385. The monoisotopic (exact) mass is 468 g/mol. The first-order chi connectivity index (χ1) is 16.5. The lowest BCUT2D eigenvalue weighted by atomic mass is 9.82. The summed E-state index contributed by atoms with van der Waals surface area (Å²) < 4.78 is 0. The molecule has 3 rings (SSSR count). The van der Waals surface area contributed by atoms with Crippen LogP contribution >= 0.6 is 0 Å². The van der Waals surface area contributed by atoms with Crippen molar-refractivity contribution in [2.45, 2.75) is 12.8 Å². The van der Waals surface area contributed by atoms with Gasteiger partial charge in [0.2, 0.25) is 11.8 Å². The number of aliphatic hydroxyl groups is 2. The van der Waals surface area contributed by atoms with Gasteiger partial charge >= 0.3 is 0 Å². The van der Waals surface area contributed by atoms with Crippen LogP contribution in [0.4, 0.5) is 11.4 Å². The van der Waals surface area contributed by atoms with Gasteiger partial charge in [0.25, 0.3) is 0 Å². The Morgan fingerprint density at radius 1 is 0.647 bits per heavy atom. The van der Waals surface area contributed by atoms with Gasteiger partial charge in [-0.15, -0.1) is 0 Å². The first kappa shape index (κ1) is 25.2. The second-order valence-electron chi connectivity index (χ2n) is 7.66. The van der Waals surface area contributed by atoms with Gasteiger partial charge in [0.1, 0.15) is 0 Å². The molecule has 0 fully saturated rings. The molecular formula is C24H28N4O6. The van der Waals surface area contributed by atoms with Crippen molar-refractivity contribution in [1.82, 2.24) is 10.6 Å². The Balaban J connectivity index is 1.90. The Labute approximate surface area is 196 Å². The lowest BCUT2D eigenvalue weighted by molar-refractivity contribution is -0.117. The van der Waals surface area contributed by atoms with Crippen LogP contribution in [0.5, 0.6) is 0 Å². The number of nitrogens with one attached hydrogen (secondary N) is 4. The van der Waals surface area contributed by atoms with Crippen molar-refractivity contribution < 1.29 is 29.4 Å². The Morgan fingerprint density at radius 2 is 1.06 bits per heavy atom. The van der Waals surface area contributed by atoms with Crippen molar-refractivity contribution in [2.75, 3.05) is 50.0 Å². The minimum Gasteiger partial charge on any atom is -0.395 e. The molecule has 0 radical (unpaired) electrons. The maximum Gasteiger partial charge on any atom is 0.225 e. The number of carbonyl (C=O) groups is 4. The van der Waals surface area contributed by atoms with Crippen LogP contribution in [0.25, 0.3) is 0 Å². The number of amides is 2. The zero-order chi connectivity index (χ0) is 24.5. The molecule has 180 valence electrons. The lowest BCUT2D eigenvalue weighted by Gasteiger charge is -2.23. The Hall–Kier alpha value is -3.44. The van der Waals surface area contributed by atoms with E-state index in [2.05, 4.69) is 21.3 Å². The van der Waals surface area contributed by atoms with Crippen molar-refractivity contribution in [3.63, 3.8) is 0 Å². The summed E-state index contributed by atoms with van der Waals surface area (Å²) in [6, 6.07) is 9.42. The summed E-state index contributed by atoms with van der Waals surface area (Å²) in [6.07, 6.45) is 0.208. The molecular weight excluding hydrogens is 440 g/mol.